The molecular weight excluding hydrogens is 373 g/mol. The summed E-state index contributed by atoms with van der Waals surface area (Å²) in [4.78, 5) is 25.1. The first-order valence-corrected chi connectivity index (χ1v) is 9.32. The first kappa shape index (κ1) is 20.6. The van der Waals surface area contributed by atoms with Gasteiger partial charge in [0.2, 0.25) is 0 Å². The molecule has 0 aliphatic rings. The molecule has 152 valence electrons. The SMILES string of the molecule is COc1ccc([C@@H](C)c2c(C=O)c3ccc(F)cc3n2C(=O)OC(C)(C)C)cc1. The second-order valence-electron chi connectivity index (χ2n) is 7.89. The number of rotatable bonds is 4. The molecule has 0 aliphatic carbocycles. The lowest BCUT2D eigenvalue weighted by molar-refractivity contribution is 0.0539. The van der Waals surface area contributed by atoms with E-state index in [1.807, 2.05) is 31.2 Å². The molecule has 0 amide bonds. The van der Waals surface area contributed by atoms with Crippen molar-refractivity contribution in [3.63, 3.8) is 0 Å². The Morgan fingerprint density at radius 3 is 2.34 bits per heavy atom. The number of halogens is 1. The second-order valence-corrected chi connectivity index (χ2v) is 7.89. The first-order chi connectivity index (χ1) is 13.7. The fraction of sp³-hybridized carbons (Fsp3) is 0.304. The molecule has 0 saturated carbocycles. The third-order valence-electron chi connectivity index (χ3n) is 4.73. The summed E-state index contributed by atoms with van der Waals surface area (Å²) in [5.74, 6) is -0.128. The largest absolute Gasteiger partial charge is 0.497 e. The summed E-state index contributed by atoms with van der Waals surface area (Å²) in [5, 5.41) is 0.502. The summed E-state index contributed by atoms with van der Waals surface area (Å²) in [6.45, 7) is 7.15. The Hall–Kier alpha value is -3.15. The van der Waals surface area contributed by atoms with E-state index in [-0.39, 0.29) is 5.92 Å². The maximum Gasteiger partial charge on any atom is 0.419 e. The molecule has 0 N–H and O–H groups in total. The zero-order chi connectivity index (χ0) is 21.3. The normalized spacial score (nSPS) is 12.6. The summed E-state index contributed by atoms with van der Waals surface area (Å²) in [5.41, 5.74) is 1.23. The van der Waals surface area contributed by atoms with Gasteiger partial charge in [0.1, 0.15) is 17.2 Å². The number of nitrogens with zero attached hydrogens (tertiary/aromatic N) is 1. The van der Waals surface area contributed by atoms with Crippen molar-refractivity contribution in [3.8, 4) is 5.75 Å². The van der Waals surface area contributed by atoms with Crippen molar-refractivity contribution in [2.24, 2.45) is 0 Å². The van der Waals surface area contributed by atoms with Gasteiger partial charge in [-0.25, -0.2) is 13.8 Å². The number of aromatic nitrogens is 1. The van der Waals surface area contributed by atoms with Gasteiger partial charge in [-0.15, -0.1) is 0 Å². The van der Waals surface area contributed by atoms with E-state index in [0.717, 1.165) is 5.56 Å². The lowest BCUT2D eigenvalue weighted by Gasteiger charge is -2.22. The van der Waals surface area contributed by atoms with Crippen molar-refractivity contribution < 1.29 is 23.5 Å². The average Bonchev–Trinajstić information content (AvgIpc) is 2.99. The van der Waals surface area contributed by atoms with Gasteiger partial charge in [-0.1, -0.05) is 19.1 Å². The predicted octanol–water partition coefficient (Wildman–Crippen LogP) is 5.54. The van der Waals surface area contributed by atoms with Crippen molar-refractivity contribution in [2.45, 2.75) is 39.2 Å². The van der Waals surface area contributed by atoms with Gasteiger partial charge in [-0.3, -0.25) is 4.79 Å². The summed E-state index contributed by atoms with van der Waals surface area (Å²) < 4.78 is 26.1. The molecule has 0 radical (unpaired) electrons. The molecule has 1 atom stereocenters. The molecule has 3 aromatic rings. The van der Waals surface area contributed by atoms with E-state index < -0.39 is 17.5 Å². The fourth-order valence-corrected chi connectivity index (χ4v) is 3.41. The van der Waals surface area contributed by atoms with E-state index in [4.69, 9.17) is 9.47 Å². The van der Waals surface area contributed by atoms with Crippen LogP contribution in [0, 0.1) is 5.82 Å². The van der Waals surface area contributed by atoms with Gasteiger partial charge in [0, 0.05) is 22.6 Å². The first-order valence-electron chi connectivity index (χ1n) is 9.32. The number of methoxy groups -OCH3 is 1. The maximum absolute atomic E-state index is 14.0. The third kappa shape index (κ3) is 4.01. The molecule has 0 spiro atoms. The number of carbonyl (C=O) groups is 2. The van der Waals surface area contributed by atoms with Crippen molar-refractivity contribution in [1.29, 1.82) is 0 Å². The molecule has 2 aromatic carbocycles. The minimum atomic E-state index is -0.747. The smallest absolute Gasteiger partial charge is 0.419 e. The van der Waals surface area contributed by atoms with Crippen LogP contribution < -0.4 is 4.74 Å². The lowest BCUT2D eigenvalue weighted by Crippen LogP contribution is -2.28. The van der Waals surface area contributed by atoms with Crippen molar-refractivity contribution in [3.05, 3.63) is 65.1 Å². The molecular formula is C23H24FNO4. The highest BCUT2D eigenvalue weighted by Gasteiger charge is 2.29. The van der Waals surface area contributed by atoms with Gasteiger partial charge in [-0.05, 0) is 56.7 Å². The van der Waals surface area contributed by atoms with Gasteiger partial charge < -0.3 is 9.47 Å². The highest BCUT2D eigenvalue weighted by atomic mass is 19.1. The van der Waals surface area contributed by atoms with Crippen molar-refractivity contribution >= 4 is 23.3 Å². The summed E-state index contributed by atoms with van der Waals surface area (Å²) in [7, 11) is 1.58. The van der Waals surface area contributed by atoms with Crippen LogP contribution in [-0.2, 0) is 4.74 Å². The van der Waals surface area contributed by atoms with Crippen LogP contribution in [0.25, 0.3) is 10.9 Å². The maximum atomic E-state index is 14.0. The Morgan fingerprint density at radius 1 is 1.14 bits per heavy atom. The Labute approximate surface area is 169 Å². The highest BCUT2D eigenvalue weighted by molar-refractivity contribution is 6.03. The predicted molar refractivity (Wildman–Crippen MR) is 109 cm³/mol. The second kappa shape index (κ2) is 7.70. The molecule has 0 bridgehead atoms. The summed E-state index contributed by atoms with van der Waals surface area (Å²) in [6, 6.07) is 11.4. The Bertz CT molecular complexity index is 1060. The number of carbonyl (C=O) groups excluding carboxylic acids is 2. The number of benzene rings is 2. The van der Waals surface area contributed by atoms with Gasteiger partial charge >= 0.3 is 6.09 Å². The van der Waals surface area contributed by atoms with Gasteiger partial charge in [-0.2, -0.15) is 0 Å². The molecule has 6 heteroatoms. The van der Waals surface area contributed by atoms with E-state index >= 15 is 0 Å². The van der Waals surface area contributed by atoms with E-state index in [1.165, 1.54) is 22.8 Å². The average molecular weight is 397 g/mol. The Kier molecular flexibility index (Phi) is 5.46. The molecule has 3 rings (SSSR count). The quantitative estimate of drug-likeness (QED) is 0.543. The number of hydrogen-bond acceptors (Lipinski definition) is 4. The van der Waals surface area contributed by atoms with Gasteiger partial charge in [0.15, 0.2) is 6.29 Å². The topological polar surface area (TPSA) is 57.5 Å². The van der Waals surface area contributed by atoms with Gasteiger partial charge in [0.25, 0.3) is 0 Å². The van der Waals surface area contributed by atoms with Crippen LogP contribution in [0.1, 0.15) is 55.2 Å². The molecule has 0 saturated heterocycles. The molecule has 0 unspecified atom stereocenters. The standard InChI is InChI=1S/C23H24FNO4/c1-14(15-6-9-17(28-5)10-7-15)21-19(13-26)18-11-8-16(24)12-20(18)25(21)22(27)29-23(2,3)4/h6-14H,1-5H3/t14-/m1/s1. The van der Waals surface area contributed by atoms with Crippen LogP contribution in [0.5, 0.6) is 5.75 Å². The molecule has 29 heavy (non-hydrogen) atoms. The highest BCUT2D eigenvalue weighted by Crippen LogP contribution is 2.35. The molecule has 0 fully saturated rings. The van der Waals surface area contributed by atoms with Crippen LogP contribution in [0.2, 0.25) is 0 Å². The van der Waals surface area contributed by atoms with E-state index in [9.17, 15) is 14.0 Å². The van der Waals surface area contributed by atoms with Gasteiger partial charge in [0.05, 0.1) is 12.6 Å². The number of hydrogen-bond donors (Lipinski definition) is 0. The van der Waals surface area contributed by atoms with Crippen molar-refractivity contribution in [1.82, 2.24) is 4.57 Å². The summed E-state index contributed by atoms with van der Waals surface area (Å²) >= 11 is 0. The lowest BCUT2D eigenvalue weighted by atomic mass is 9.94. The number of fused-ring (bicyclic) bond motifs is 1. The van der Waals surface area contributed by atoms with Crippen LogP contribution in [-0.4, -0.2) is 29.7 Å². The Morgan fingerprint density at radius 2 is 1.79 bits per heavy atom. The minimum absolute atomic E-state index is 0.303. The zero-order valence-corrected chi connectivity index (χ0v) is 17.2. The number of ether oxygens (including phenoxy) is 2. The zero-order valence-electron chi connectivity index (χ0n) is 17.2. The molecule has 1 aromatic heterocycles. The molecule has 1 heterocycles. The molecule has 0 aliphatic heterocycles. The number of aldehydes is 1. The van der Waals surface area contributed by atoms with Crippen LogP contribution in [0.3, 0.4) is 0 Å². The molecule has 5 nitrogen and oxygen atoms in total. The van der Waals surface area contributed by atoms with E-state index in [2.05, 4.69) is 0 Å². The van der Waals surface area contributed by atoms with E-state index in [0.29, 0.717) is 34.2 Å². The minimum Gasteiger partial charge on any atom is -0.497 e. The van der Waals surface area contributed by atoms with Crippen LogP contribution in [0.4, 0.5) is 9.18 Å². The fourth-order valence-electron chi connectivity index (χ4n) is 3.41. The Balaban J connectivity index is 2.26. The van der Waals surface area contributed by atoms with Crippen LogP contribution >= 0.6 is 0 Å². The third-order valence-corrected chi connectivity index (χ3v) is 4.73. The monoisotopic (exact) mass is 397 g/mol. The van der Waals surface area contributed by atoms with Crippen molar-refractivity contribution in [2.75, 3.05) is 7.11 Å². The van der Waals surface area contributed by atoms with Crippen LogP contribution in [0.15, 0.2) is 42.5 Å². The summed E-state index contributed by atoms with van der Waals surface area (Å²) in [6.07, 6.45) is 0.0489. The van der Waals surface area contributed by atoms with E-state index in [1.54, 1.807) is 27.9 Å².